The smallest absolute Gasteiger partial charge is 0.0927 e. The van der Waals surface area contributed by atoms with E-state index in [1.54, 1.807) is 0 Å². The van der Waals surface area contributed by atoms with Gasteiger partial charge in [0.05, 0.1) is 25.4 Å². The Bertz CT molecular complexity index is 289. The van der Waals surface area contributed by atoms with Crippen LogP contribution in [0, 0.1) is 17.3 Å². The van der Waals surface area contributed by atoms with E-state index in [0.29, 0.717) is 18.1 Å². The SMILES string of the molecule is CC(C)(C1CCC(OO)CC1)C1CCC(OCCO)CC1. The van der Waals surface area contributed by atoms with Crippen molar-refractivity contribution in [2.45, 2.75) is 77.4 Å². The van der Waals surface area contributed by atoms with Gasteiger partial charge in [0.2, 0.25) is 0 Å². The van der Waals surface area contributed by atoms with Gasteiger partial charge < -0.3 is 9.84 Å². The molecule has 0 radical (unpaired) electrons. The molecule has 0 aliphatic heterocycles. The van der Waals surface area contributed by atoms with E-state index in [2.05, 4.69) is 18.7 Å². The van der Waals surface area contributed by atoms with Crippen molar-refractivity contribution in [3.63, 3.8) is 0 Å². The summed E-state index contributed by atoms with van der Waals surface area (Å²) in [6.07, 6.45) is 9.44. The maximum absolute atomic E-state index is 8.84. The minimum absolute atomic E-state index is 0.0552. The molecule has 0 saturated heterocycles. The van der Waals surface area contributed by atoms with Gasteiger partial charge in [-0.3, -0.25) is 5.26 Å². The molecule has 2 fully saturated rings. The lowest BCUT2D eigenvalue weighted by atomic mass is 9.60. The van der Waals surface area contributed by atoms with Crippen LogP contribution in [0.2, 0.25) is 0 Å². The fourth-order valence-corrected chi connectivity index (χ4v) is 4.44. The van der Waals surface area contributed by atoms with Crippen LogP contribution >= 0.6 is 0 Å². The number of hydrogen-bond acceptors (Lipinski definition) is 4. The second kappa shape index (κ2) is 7.91. The molecule has 2 aliphatic rings. The number of aliphatic hydroxyl groups excluding tert-OH is 1. The Kier molecular flexibility index (Phi) is 6.48. The van der Waals surface area contributed by atoms with Crippen molar-refractivity contribution < 1.29 is 20.0 Å². The van der Waals surface area contributed by atoms with Crippen LogP contribution in [0.5, 0.6) is 0 Å². The molecule has 0 atom stereocenters. The summed E-state index contributed by atoms with van der Waals surface area (Å²) in [5, 5.41) is 17.6. The fourth-order valence-electron chi connectivity index (χ4n) is 4.44. The zero-order chi connectivity index (χ0) is 15.3. The van der Waals surface area contributed by atoms with E-state index in [4.69, 9.17) is 15.1 Å². The maximum atomic E-state index is 8.84. The molecule has 4 nitrogen and oxygen atoms in total. The minimum Gasteiger partial charge on any atom is -0.394 e. The molecule has 0 unspecified atom stereocenters. The van der Waals surface area contributed by atoms with Gasteiger partial charge in [-0.05, 0) is 68.6 Å². The van der Waals surface area contributed by atoms with Crippen LogP contribution in [0.4, 0.5) is 0 Å². The normalized spacial score (nSPS) is 34.9. The second-order valence-electron chi connectivity index (χ2n) is 7.47. The van der Waals surface area contributed by atoms with Gasteiger partial charge in [-0.25, -0.2) is 4.89 Å². The monoisotopic (exact) mass is 300 g/mol. The van der Waals surface area contributed by atoms with E-state index in [1.807, 2.05) is 0 Å². The highest BCUT2D eigenvalue weighted by molar-refractivity contribution is 4.90. The highest BCUT2D eigenvalue weighted by Gasteiger charge is 2.40. The van der Waals surface area contributed by atoms with Crippen LogP contribution in [0.1, 0.15) is 65.2 Å². The van der Waals surface area contributed by atoms with Crippen LogP contribution in [-0.2, 0) is 9.62 Å². The van der Waals surface area contributed by atoms with Crippen molar-refractivity contribution >= 4 is 0 Å². The Morgan fingerprint density at radius 3 is 1.76 bits per heavy atom. The van der Waals surface area contributed by atoms with Crippen molar-refractivity contribution in [3.05, 3.63) is 0 Å². The lowest BCUT2D eigenvalue weighted by Gasteiger charge is -2.46. The number of aliphatic hydroxyl groups is 1. The number of hydrogen-bond donors (Lipinski definition) is 2. The molecule has 2 N–H and O–H groups in total. The van der Waals surface area contributed by atoms with E-state index < -0.39 is 0 Å². The van der Waals surface area contributed by atoms with E-state index in [0.717, 1.165) is 37.5 Å². The lowest BCUT2D eigenvalue weighted by Crippen LogP contribution is -2.39. The molecule has 0 amide bonds. The highest BCUT2D eigenvalue weighted by Crippen LogP contribution is 2.48. The summed E-state index contributed by atoms with van der Waals surface area (Å²) < 4.78 is 5.67. The zero-order valence-electron chi connectivity index (χ0n) is 13.6. The Labute approximate surface area is 128 Å². The van der Waals surface area contributed by atoms with Crippen LogP contribution < -0.4 is 0 Å². The van der Waals surface area contributed by atoms with Crippen LogP contribution in [0.3, 0.4) is 0 Å². The molecular weight excluding hydrogens is 268 g/mol. The van der Waals surface area contributed by atoms with Gasteiger partial charge >= 0.3 is 0 Å². The molecule has 0 aromatic heterocycles. The first kappa shape index (κ1) is 17.2. The quantitative estimate of drug-likeness (QED) is 0.581. The summed E-state index contributed by atoms with van der Waals surface area (Å²) in [6, 6.07) is 0. The van der Waals surface area contributed by atoms with Crippen LogP contribution in [0.15, 0.2) is 0 Å². The van der Waals surface area contributed by atoms with Crippen LogP contribution in [-0.4, -0.2) is 35.8 Å². The van der Waals surface area contributed by atoms with Gasteiger partial charge in [0.1, 0.15) is 0 Å². The highest BCUT2D eigenvalue weighted by atomic mass is 17.1. The Balaban J connectivity index is 1.81. The van der Waals surface area contributed by atoms with E-state index in [1.165, 1.54) is 25.7 Å². The van der Waals surface area contributed by atoms with Crippen LogP contribution in [0.25, 0.3) is 0 Å². The third-order valence-electron chi connectivity index (χ3n) is 6.05. The molecule has 0 aromatic rings. The lowest BCUT2D eigenvalue weighted by molar-refractivity contribution is -0.286. The molecule has 2 saturated carbocycles. The molecule has 124 valence electrons. The summed E-state index contributed by atoms with van der Waals surface area (Å²) >= 11 is 0. The summed E-state index contributed by atoms with van der Waals surface area (Å²) in [5.41, 5.74) is 0.363. The molecule has 4 heteroatoms. The second-order valence-corrected chi connectivity index (χ2v) is 7.47. The molecule has 0 bridgehead atoms. The molecule has 2 rings (SSSR count). The summed E-state index contributed by atoms with van der Waals surface area (Å²) in [6.45, 7) is 5.46. The first-order valence-corrected chi connectivity index (χ1v) is 8.60. The molecular formula is C17H32O4. The summed E-state index contributed by atoms with van der Waals surface area (Å²) in [4.78, 5) is 4.51. The average molecular weight is 300 g/mol. The first-order valence-electron chi connectivity index (χ1n) is 8.60. The van der Waals surface area contributed by atoms with Crippen molar-refractivity contribution in [1.82, 2.24) is 0 Å². The van der Waals surface area contributed by atoms with E-state index >= 15 is 0 Å². The third-order valence-corrected chi connectivity index (χ3v) is 6.05. The molecule has 0 heterocycles. The van der Waals surface area contributed by atoms with Crippen molar-refractivity contribution in [2.24, 2.45) is 17.3 Å². The van der Waals surface area contributed by atoms with Gasteiger partial charge in [0.15, 0.2) is 0 Å². The number of rotatable bonds is 6. The van der Waals surface area contributed by atoms with Gasteiger partial charge in [0.25, 0.3) is 0 Å². The Morgan fingerprint density at radius 2 is 1.33 bits per heavy atom. The van der Waals surface area contributed by atoms with Gasteiger partial charge in [-0.1, -0.05) is 13.8 Å². The molecule has 0 spiro atoms. The van der Waals surface area contributed by atoms with Gasteiger partial charge in [-0.2, -0.15) is 0 Å². The maximum Gasteiger partial charge on any atom is 0.0927 e. The van der Waals surface area contributed by atoms with E-state index in [-0.39, 0.29) is 12.7 Å². The largest absolute Gasteiger partial charge is 0.394 e. The van der Waals surface area contributed by atoms with Crippen molar-refractivity contribution in [2.75, 3.05) is 13.2 Å². The zero-order valence-corrected chi connectivity index (χ0v) is 13.6. The Morgan fingerprint density at radius 1 is 0.857 bits per heavy atom. The predicted molar refractivity (Wildman–Crippen MR) is 82.0 cm³/mol. The standard InChI is InChI=1S/C17H32O4/c1-17(2,14-5-9-16(21-19)10-6-14)13-3-7-15(8-4-13)20-12-11-18/h13-16,18-19H,3-12H2,1-2H3. The first-order chi connectivity index (χ1) is 10.1. The summed E-state index contributed by atoms with van der Waals surface area (Å²) in [5.74, 6) is 1.51. The van der Waals surface area contributed by atoms with Gasteiger partial charge in [-0.15, -0.1) is 0 Å². The molecule has 0 aromatic carbocycles. The molecule has 2 aliphatic carbocycles. The third kappa shape index (κ3) is 4.41. The molecule has 21 heavy (non-hydrogen) atoms. The van der Waals surface area contributed by atoms with Crippen molar-refractivity contribution in [1.29, 1.82) is 0 Å². The van der Waals surface area contributed by atoms with Gasteiger partial charge in [0, 0.05) is 0 Å². The fraction of sp³-hybridized carbons (Fsp3) is 1.00. The van der Waals surface area contributed by atoms with Crippen molar-refractivity contribution in [3.8, 4) is 0 Å². The number of ether oxygens (including phenoxy) is 1. The topological polar surface area (TPSA) is 58.9 Å². The Hall–Kier alpha value is -0.160. The predicted octanol–water partition coefficient (Wildman–Crippen LogP) is 3.63. The summed E-state index contributed by atoms with van der Waals surface area (Å²) in [7, 11) is 0. The van der Waals surface area contributed by atoms with E-state index in [9.17, 15) is 0 Å². The average Bonchev–Trinajstić information content (AvgIpc) is 2.53. The minimum atomic E-state index is 0.0552.